The van der Waals surface area contributed by atoms with Crippen molar-refractivity contribution in [1.29, 1.82) is 0 Å². The van der Waals surface area contributed by atoms with Crippen LogP contribution in [0.25, 0.3) is 11.0 Å². The van der Waals surface area contributed by atoms with Gasteiger partial charge in [-0.3, -0.25) is 9.78 Å². The molecular formula is C20H22N4O. The van der Waals surface area contributed by atoms with Crippen LogP contribution < -0.4 is 5.32 Å². The fourth-order valence-corrected chi connectivity index (χ4v) is 2.82. The van der Waals surface area contributed by atoms with Gasteiger partial charge >= 0.3 is 0 Å². The van der Waals surface area contributed by atoms with E-state index in [0.717, 1.165) is 41.8 Å². The van der Waals surface area contributed by atoms with Crippen molar-refractivity contribution >= 4 is 16.9 Å². The van der Waals surface area contributed by atoms with Crippen molar-refractivity contribution in [2.45, 2.75) is 26.3 Å². The zero-order valence-electron chi connectivity index (χ0n) is 14.4. The molecule has 25 heavy (non-hydrogen) atoms. The third kappa shape index (κ3) is 4.12. The first-order valence-electron chi connectivity index (χ1n) is 8.42. The molecule has 0 saturated carbocycles. The Labute approximate surface area is 147 Å². The van der Waals surface area contributed by atoms with Gasteiger partial charge in [-0.25, -0.2) is 4.98 Å². The largest absolute Gasteiger partial charge is 0.352 e. The smallest absolute Gasteiger partial charge is 0.251 e. The third-order valence-electron chi connectivity index (χ3n) is 3.97. The van der Waals surface area contributed by atoms with Crippen LogP contribution in [0.5, 0.6) is 0 Å². The Hall–Kier alpha value is -2.95. The highest BCUT2D eigenvalue weighted by molar-refractivity contribution is 5.93. The minimum Gasteiger partial charge on any atom is -0.352 e. The molecule has 0 bridgehead atoms. The first-order valence-corrected chi connectivity index (χ1v) is 8.42. The van der Waals surface area contributed by atoms with Crippen LogP contribution in [0.2, 0.25) is 0 Å². The number of para-hydroxylation sites is 2. The van der Waals surface area contributed by atoms with E-state index in [1.165, 1.54) is 0 Å². The molecule has 1 amide bonds. The molecule has 2 aromatic heterocycles. The number of nitrogens with one attached hydrogen (secondary N) is 1. The molecule has 0 fully saturated rings. The normalized spacial score (nSPS) is 10.8. The summed E-state index contributed by atoms with van der Waals surface area (Å²) in [7, 11) is 0. The molecule has 3 rings (SSSR count). The van der Waals surface area contributed by atoms with Crippen LogP contribution in [-0.4, -0.2) is 27.0 Å². The van der Waals surface area contributed by atoms with Crippen LogP contribution in [0.15, 0.2) is 60.9 Å². The number of hydrogen-bond donors (Lipinski definition) is 1. The van der Waals surface area contributed by atoms with Crippen molar-refractivity contribution in [3.63, 3.8) is 0 Å². The lowest BCUT2D eigenvalue weighted by atomic mass is 10.2. The van der Waals surface area contributed by atoms with Crippen LogP contribution >= 0.6 is 0 Å². The first-order chi connectivity index (χ1) is 12.1. The fourth-order valence-electron chi connectivity index (χ4n) is 2.82. The van der Waals surface area contributed by atoms with Gasteiger partial charge in [0.05, 0.1) is 11.0 Å². The minimum absolute atomic E-state index is 0.0714. The second kappa shape index (κ2) is 7.75. The van der Waals surface area contributed by atoms with Gasteiger partial charge in [0.1, 0.15) is 5.82 Å². The number of amides is 1. The number of nitrogens with zero attached hydrogens (tertiary/aromatic N) is 3. The van der Waals surface area contributed by atoms with Crippen LogP contribution in [0.1, 0.15) is 29.5 Å². The highest BCUT2D eigenvalue weighted by Gasteiger charge is 2.10. The second-order valence-electron chi connectivity index (χ2n) is 6.16. The predicted octanol–water partition coefficient (Wildman–Crippen LogP) is 3.37. The Morgan fingerprint density at radius 3 is 2.72 bits per heavy atom. The van der Waals surface area contributed by atoms with Gasteiger partial charge in [0.15, 0.2) is 0 Å². The number of carbonyl (C=O) groups is 1. The number of carbonyl (C=O) groups excluding carboxylic acids is 1. The summed E-state index contributed by atoms with van der Waals surface area (Å²) >= 11 is 0. The van der Waals surface area contributed by atoms with Gasteiger partial charge in [0.2, 0.25) is 0 Å². The fraction of sp³-hybridized carbons (Fsp3) is 0.250. The lowest BCUT2D eigenvalue weighted by Crippen LogP contribution is -2.25. The lowest BCUT2D eigenvalue weighted by molar-refractivity contribution is 0.0953. The standard InChI is InChI=1S/C20H22N4O/c1-15(2)14-24-18-7-4-3-6-17(18)23-19(24)8-5-11-22-20(25)16-9-12-21-13-10-16/h3-4,6-7,9-10,12-13H,1,5,8,11,14H2,2H3,(H,22,25). The maximum Gasteiger partial charge on any atom is 0.251 e. The van der Waals surface area contributed by atoms with Crippen molar-refractivity contribution in [3.05, 3.63) is 72.3 Å². The summed E-state index contributed by atoms with van der Waals surface area (Å²) in [5.41, 5.74) is 3.85. The Morgan fingerprint density at radius 1 is 1.20 bits per heavy atom. The van der Waals surface area contributed by atoms with E-state index in [4.69, 9.17) is 4.98 Å². The summed E-state index contributed by atoms with van der Waals surface area (Å²) < 4.78 is 2.21. The van der Waals surface area contributed by atoms with E-state index in [-0.39, 0.29) is 5.91 Å². The molecule has 0 aliphatic rings. The van der Waals surface area contributed by atoms with Crippen LogP contribution in [0.4, 0.5) is 0 Å². The Bertz CT molecular complexity index is 883. The van der Waals surface area contributed by atoms with Gasteiger partial charge in [-0.15, -0.1) is 0 Å². The molecule has 0 unspecified atom stereocenters. The number of benzene rings is 1. The average Bonchev–Trinajstić information content (AvgIpc) is 2.96. The van der Waals surface area contributed by atoms with Crippen molar-refractivity contribution in [3.8, 4) is 0 Å². The summed E-state index contributed by atoms with van der Waals surface area (Å²) in [6.07, 6.45) is 4.87. The molecule has 2 heterocycles. The van der Waals surface area contributed by atoms with E-state index in [1.807, 2.05) is 25.1 Å². The molecule has 3 aromatic rings. The highest BCUT2D eigenvalue weighted by Crippen LogP contribution is 2.18. The molecule has 0 radical (unpaired) electrons. The molecule has 0 saturated heterocycles. The second-order valence-corrected chi connectivity index (χ2v) is 6.16. The van der Waals surface area contributed by atoms with Crippen LogP contribution in [0.3, 0.4) is 0 Å². The molecule has 0 aliphatic carbocycles. The molecule has 5 nitrogen and oxygen atoms in total. The Kier molecular flexibility index (Phi) is 5.23. The van der Waals surface area contributed by atoms with E-state index >= 15 is 0 Å². The van der Waals surface area contributed by atoms with Crippen LogP contribution in [0, 0.1) is 0 Å². The van der Waals surface area contributed by atoms with Gasteiger partial charge in [0, 0.05) is 37.5 Å². The van der Waals surface area contributed by atoms with Crippen LogP contribution in [-0.2, 0) is 13.0 Å². The van der Waals surface area contributed by atoms with Gasteiger partial charge in [-0.2, -0.15) is 0 Å². The number of fused-ring (bicyclic) bond motifs is 1. The van der Waals surface area contributed by atoms with Crippen molar-refractivity contribution in [2.24, 2.45) is 0 Å². The predicted molar refractivity (Wildman–Crippen MR) is 99.4 cm³/mol. The zero-order chi connectivity index (χ0) is 17.6. The molecule has 0 spiro atoms. The quantitative estimate of drug-likeness (QED) is 0.532. The SMILES string of the molecule is C=C(C)Cn1c(CCCNC(=O)c2ccncc2)nc2ccccc21. The molecule has 0 atom stereocenters. The molecule has 5 heteroatoms. The Balaban J connectivity index is 1.63. The molecule has 1 N–H and O–H groups in total. The number of aryl methyl sites for hydroxylation is 1. The minimum atomic E-state index is -0.0714. The number of imidazole rings is 1. The zero-order valence-corrected chi connectivity index (χ0v) is 14.4. The number of allylic oxidation sites excluding steroid dienone is 1. The molecular weight excluding hydrogens is 312 g/mol. The summed E-state index contributed by atoms with van der Waals surface area (Å²) in [4.78, 5) is 20.7. The lowest BCUT2D eigenvalue weighted by Gasteiger charge is -2.09. The van der Waals surface area contributed by atoms with E-state index in [0.29, 0.717) is 12.1 Å². The van der Waals surface area contributed by atoms with Gasteiger partial charge in [0.25, 0.3) is 5.91 Å². The van der Waals surface area contributed by atoms with Gasteiger partial charge < -0.3 is 9.88 Å². The number of aromatic nitrogens is 3. The highest BCUT2D eigenvalue weighted by atomic mass is 16.1. The summed E-state index contributed by atoms with van der Waals surface area (Å²) in [6, 6.07) is 11.6. The third-order valence-corrected chi connectivity index (χ3v) is 3.97. The average molecular weight is 334 g/mol. The van der Waals surface area contributed by atoms with E-state index in [2.05, 4.69) is 27.5 Å². The van der Waals surface area contributed by atoms with E-state index in [9.17, 15) is 4.79 Å². The maximum absolute atomic E-state index is 12.0. The van der Waals surface area contributed by atoms with Crippen molar-refractivity contribution in [1.82, 2.24) is 19.9 Å². The van der Waals surface area contributed by atoms with E-state index in [1.54, 1.807) is 24.5 Å². The monoisotopic (exact) mass is 334 g/mol. The van der Waals surface area contributed by atoms with Gasteiger partial charge in [-0.1, -0.05) is 24.3 Å². The van der Waals surface area contributed by atoms with Crippen molar-refractivity contribution < 1.29 is 4.79 Å². The topological polar surface area (TPSA) is 59.8 Å². The number of pyridine rings is 1. The summed E-state index contributed by atoms with van der Waals surface area (Å²) in [5, 5.41) is 2.94. The molecule has 128 valence electrons. The molecule has 1 aromatic carbocycles. The van der Waals surface area contributed by atoms with E-state index < -0.39 is 0 Å². The maximum atomic E-state index is 12.0. The Morgan fingerprint density at radius 2 is 1.96 bits per heavy atom. The number of hydrogen-bond acceptors (Lipinski definition) is 3. The number of rotatable bonds is 7. The summed E-state index contributed by atoms with van der Waals surface area (Å²) in [5.74, 6) is 0.959. The molecule has 0 aliphatic heterocycles. The first kappa shape index (κ1) is 16.9. The van der Waals surface area contributed by atoms with Gasteiger partial charge in [-0.05, 0) is 37.6 Å². The van der Waals surface area contributed by atoms with Crippen molar-refractivity contribution in [2.75, 3.05) is 6.54 Å². The summed E-state index contributed by atoms with van der Waals surface area (Å²) in [6.45, 7) is 7.41.